The number of rotatable bonds is 12. The molecule has 1 aliphatic rings. The lowest BCUT2D eigenvalue weighted by Gasteiger charge is -2.16. The Morgan fingerprint density at radius 1 is 0.759 bits per heavy atom. The van der Waals surface area contributed by atoms with Gasteiger partial charge in [0.25, 0.3) is 0 Å². The van der Waals surface area contributed by atoms with Crippen molar-refractivity contribution in [3.63, 3.8) is 0 Å². The van der Waals surface area contributed by atoms with Gasteiger partial charge in [0.05, 0.1) is 26.4 Å². The summed E-state index contributed by atoms with van der Waals surface area (Å²) in [6.45, 7) is 6.57. The van der Waals surface area contributed by atoms with Gasteiger partial charge in [-0.25, -0.2) is 9.59 Å². The zero-order valence-corrected chi connectivity index (χ0v) is 16.8. The molecule has 29 heavy (non-hydrogen) atoms. The van der Waals surface area contributed by atoms with Crippen LogP contribution in [0, 0.1) is 0 Å². The van der Waals surface area contributed by atoms with Crippen molar-refractivity contribution >= 4 is 22.7 Å². The zero-order valence-electron chi connectivity index (χ0n) is 16.8. The minimum absolute atomic E-state index is 0.111. The lowest BCUT2D eigenvalue weighted by Crippen LogP contribution is -2.13. The molecular formula is C22H26O7. The molecule has 7 nitrogen and oxygen atoms in total. The van der Waals surface area contributed by atoms with E-state index in [-0.39, 0.29) is 17.7 Å². The Kier molecular flexibility index (Phi) is 7.43. The normalized spacial score (nSPS) is 12.9. The van der Waals surface area contributed by atoms with Crippen LogP contribution in [-0.4, -0.2) is 51.6 Å². The van der Waals surface area contributed by atoms with E-state index in [1.165, 1.54) is 0 Å². The van der Waals surface area contributed by atoms with Crippen molar-refractivity contribution in [3.05, 3.63) is 35.4 Å². The van der Waals surface area contributed by atoms with Gasteiger partial charge < -0.3 is 23.7 Å². The van der Waals surface area contributed by atoms with Crippen LogP contribution in [0.3, 0.4) is 0 Å². The van der Waals surface area contributed by atoms with Crippen LogP contribution in [0.25, 0.3) is 10.8 Å². The maximum absolute atomic E-state index is 12.3. The molecule has 0 amide bonds. The zero-order chi connectivity index (χ0) is 20.6. The van der Waals surface area contributed by atoms with Gasteiger partial charge in [0.2, 0.25) is 0 Å². The fourth-order valence-corrected chi connectivity index (χ4v) is 3.17. The average Bonchev–Trinajstić information content (AvgIpc) is 3.02. The standard InChI is InChI=1S/C22H26O7/c1-3-5-10-25-11-12-26-13-14-28-20-16-9-7-6-8-15(16)19(27-4-2)17-18(20)22(24)29-21(17)23/h6-9H,3-5,10-14H2,1-2H3. The maximum Gasteiger partial charge on any atom is 0.350 e. The second-order valence-electron chi connectivity index (χ2n) is 6.49. The number of esters is 2. The Balaban J connectivity index is 1.75. The van der Waals surface area contributed by atoms with Crippen LogP contribution in [0.4, 0.5) is 0 Å². The molecule has 0 bridgehead atoms. The summed E-state index contributed by atoms with van der Waals surface area (Å²) >= 11 is 0. The first-order valence-corrected chi connectivity index (χ1v) is 9.95. The molecule has 156 valence electrons. The molecule has 0 atom stereocenters. The van der Waals surface area contributed by atoms with Gasteiger partial charge in [-0.1, -0.05) is 37.6 Å². The van der Waals surface area contributed by atoms with Crippen molar-refractivity contribution in [1.82, 2.24) is 0 Å². The van der Waals surface area contributed by atoms with Gasteiger partial charge in [-0.2, -0.15) is 0 Å². The van der Waals surface area contributed by atoms with E-state index >= 15 is 0 Å². The summed E-state index contributed by atoms with van der Waals surface area (Å²) in [5, 5.41) is 1.38. The topological polar surface area (TPSA) is 80.3 Å². The van der Waals surface area contributed by atoms with Crippen molar-refractivity contribution in [2.45, 2.75) is 26.7 Å². The van der Waals surface area contributed by atoms with Crippen LogP contribution < -0.4 is 9.47 Å². The summed E-state index contributed by atoms with van der Waals surface area (Å²) in [6.07, 6.45) is 2.13. The Bertz CT molecular complexity index is 875. The van der Waals surface area contributed by atoms with Crippen LogP contribution in [0.15, 0.2) is 24.3 Å². The summed E-state index contributed by atoms with van der Waals surface area (Å²) in [4.78, 5) is 24.6. The average molecular weight is 402 g/mol. The number of hydrogen-bond acceptors (Lipinski definition) is 7. The number of fused-ring (bicyclic) bond motifs is 2. The van der Waals surface area contributed by atoms with Gasteiger partial charge in [0, 0.05) is 17.4 Å². The molecule has 2 aromatic rings. The number of benzene rings is 2. The Morgan fingerprint density at radius 3 is 1.90 bits per heavy atom. The first-order valence-electron chi connectivity index (χ1n) is 9.95. The number of carbonyl (C=O) groups is 2. The smallest absolute Gasteiger partial charge is 0.350 e. The highest BCUT2D eigenvalue weighted by Gasteiger charge is 2.39. The predicted molar refractivity (Wildman–Crippen MR) is 107 cm³/mol. The molecule has 0 radical (unpaired) electrons. The van der Waals surface area contributed by atoms with E-state index in [0.29, 0.717) is 48.7 Å². The minimum atomic E-state index is -0.725. The van der Waals surface area contributed by atoms with E-state index in [1.54, 1.807) is 0 Å². The molecule has 0 fully saturated rings. The van der Waals surface area contributed by atoms with E-state index in [0.717, 1.165) is 19.4 Å². The minimum Gasteiger partial charge on any atom is -0.492 e. The highest BCUT2D eigenvalue weighted by atomic mass is 16.6. The summed E-state index contributed by atoms with van der Waals surface area (Å²) in [5.74, 6) is -0.777. The summed E-state index contributed by atoms with van der Waals surface area (Å²) in [5.41, 5.74) is 0.232. The number of ether oxygens (including phenoxy) is 5. The molecule has 0 unspecified atom stereocenters. The molecule has 2 aromatic carbocycles. The van der Waals surface area contributed by atoms with E-state index in [9.17, 15) is 9.59 Å². The van der Waals surface area contributed by atoms with E-state index in [4.69, 9.17) is 23.7 Å². The molecule has 1 heterocycles. The van der Waals surface area contributed by atoms with Crippen molar-refractivity contribution in [1.29, 1.82) is 0 Å². The quantitative estimate of drug-likeness (QED) is 0.304. The lowest BCUT2D eigenvalue weighted by molar-refractivity contribution is 0.0353. The van der Waals surface area contributed by atoms with Crippen LogP contribution in [0.5, 0.6) is 11.5 Å². The summed E-state index contributed by atoms with van der Waals surface area (Å²) in [6, 6.07) is 7.33. The Hall–Kier alpha value is -2.64. The van der Waals surface area contributed by atoms with Gasteiger partial charge in [-0.15, -0.1) is 0 Å². The monoisotopic (exact) mass is 402 g/mol. The largest absolute Gasteiger partial charge is 0.492 e. The fourth-order valence-electron chi connectivity index (χ4n) is 3.17. The number of unbranched alkanes of at least 4 members (excludes halogenated alkanes) is 1. The number of cyclic esters (lactones) is 2. The molecule has 7 heteroatoms. The summed E-state index contributed by atoms with van der Waals surface area (Å²) < 4.78 is 27.4. The van der Waals surface area contributed by atoms with Gasteiger partial charge >= 0.3 is 11.9 Å². The molecule has 0 saturated heterocycles. The molecule has 0 spiro atoms. The van der Waals surface area contributed by atoms with Gasteiger partial charge in [0.1, 0.15) is 29.2 Å². The van der Waals surface area contributed by atoms with E-state index in [1.807, 2.05) is 31.2 Å². The molecule has 0 aliphatic carbocycles. The van der Waals surface area contributed by atoms with Crippen LogP contribution >= 0.6 is 0 Å². The highest BCUT2D eigenvalue weighted by molar-refractivity contribution is 6.22. The fraction of sp³-hybridized carbons (Fsp3) is 0.455. The molecular weight excluding hydrogens is 376 g/mol. The summed E-state index contributed by atoms with van der Waals surface area (Å²) in [7, 11) is 0. The molecule has 0 saturated carbocycles. The third kappa shape index (κ3) is 4.68. The van der Waals surface area contributed by atoms with Gasteiger partial charge in [0.15, 0.2) is 0 Å². The predicted octanol–water partition coefficient (Wildman–Crippen LogP) is 3.76. The highest BCUT2D eigenvalue weighted by Crippen LogP contribution is 2.44. The van der Waals surface area contributed by atoms with Crippen LogP contribution in [-0.2, 0) is 14.2 Å². The molecule has 3 rings (SSSR count). The van der Waals surface area contributed by atoms with Crippen molar-refractivity contribution < 1.29 is 33.3 Å². The van der Waals surface area contributed by atoms with Crippen LogP contribution in [0.1, 0.15) is 47.4 Å². The van der Waals surface area contributed by atoms with Crippen molar-refractivity contribution in [3.8, 4) is 11.5 Å². The third-order valence-corrected chi connectivity index (χ3v) is 4.49. The molecule has 0 N–H and O–H groups in total. The van der Waals surface area contributed by atoms with Gasteiger partial charge in [-0.05, 0) is 13.3 Å². The van der Waals surface area contributed by atoms with E-state index in [2.05, 4.69) is 6.92 Å². The second-order valence-corrected chi connectivity index (χ2v) is 6.49. The number of hydrogen-bond donors (Lipinski definition) is 0. The molecule has 1 aliphatic heterocycles. The van der Waals surface area contributed by atoms with Gasteiger partial charge in [-0.3, -0.25) is 0 Å². The first kappa shape index (κ1) is 21.1. The maximum atomic E-state index is 12.3. The molecule has 0 aromatic heterocycles. The number of carbonyl (C=O) groups excluding carboxylic acids is 2. The first-order chi connectivity index (χ1) is 14.2. The Labute approximate surface area is 169 Å². The Morgan fingerprint density at radius 2 is 1.31 bits per heavy atom. The van der Waals surface area contributed by atoms with Crippen molar-refractivity contribution in [2.24, 2.45) is 0 Å². The SMILES string of the molecule is CCCCOCCOCCOc1c2c(c(OCC)c3ccccc13)C(=O)OC2=O. The van der Waals surface area contributed by atoms with E-state index < -0.39 is 11.9 Å². The lowest BCUT2D eigenvalue weighted by atomic mass is 9.99. The third-order valence-electron chi connectivity index (χ3n) is 4.49. The second kappa shape index (κ2) is 10.2. The van der Waals surface area contributed by atoms with Crippen molar-refractivity contribution in [2.75, 3.05) is 39.6 Å². The van der Waals surface area contributed by atoms with Crippen LogP contribution in [0.2, 0.25) is 0 Å².